The van der Waals surface area contributed by atoms with Crippen LogP contribution in [0, 0.1) is 6.92 Å². The fraction of sp³-hybridized carbons (Fsp3) is 0.714. The maximum atomic E-state index is 12.5. The third-order valence-electron chi connectivity index (χ3n) is 3.78. The Balaban J connectivity index is 2.10. The molecule has 0 spiro atoms. The normalized spacial score (nSPS) is 18.1. The molecule has 1 aromatic heterocycles. The van der Waals surface area contributed by atoms with Gasteiger partial charge in [0.25, 0.3) is 0 Å². The molecule has 1 aliphatic rings. The fourth-order valence-electron chi connectivity index (χ4n) is 2.63. The highest BCUT2D eigenvalue weighted by atomic mass is 32.2. The standard InChI is InChI=1S/C14H24N2O2S2/c1-11-9-14(19-13(11)10-15-2)20(17,18)16-12-7-5-3-4-6-8-12/h9,12,15-16H,3-8,10H2,1-2H3. The van der Waals surface area contributed by atoms with Crippen LogP contribution in [0.3, 0.4) is 0 Å². The van der Waals surface area contributed by atoms with E-state index in [0.717, 1.165) is 42.7 Å². The summed E-state index contributed by atoms with van der Waals surface area (Å²) in [7, 11) is -1.48. The van der Waals surface area contributed by atoms with Gasteiger partial charge in [0.1, 0.15) is 4.21 Å². The van der Waals surface area contributed by atoms with Crippen molar-refractivity contribution in [3.63, 3.8) is 0 Å². The Morgan fingerprint density at radius 1 is 1.25 bits per heavy atom. The summed E-state index contributed by atoms with van der Waals surface area (Å²) in [5.41, 5.74) is 1.05. The first-order chi connectivity index (χ1) is 9.53. The molecule has 6 heteroatoms. The highest BCUT2D eigenvalue weighted by Crippen LogP contribution is 2.27. The van der Waals surface area contributed by atoms with Crippen molar-refractivity contribution in [2.45, 2.75) is 62.2 Å². The third kappa shape index (κ3) is 4.04. The van der Waals surface area contributed by atoms with E-state index >= 15 is 0 Å². The van der Waals surface area contributed by atoms with E-state index in [4.69, 9.17) is 0 Å². The molecule has 0 saturated heterocycles. The van der Waals surface area contributed by atoms with Crippen LogP contribution in [0.2, 0.25) is 0 Å². The lowest BCUT2D eigenvalue weighted by molar-refractivity contribution is 0.511. The minimum Gasteiger partial charge on any atom is -0.315 e. The first kappa shape index (κ1) is 15.9. The van der Waals surface area contributed by atoms with Crippen LogP contribution in [0.4, 0.5) is 0 Å². The van der Waals surface area contributed by atoms with Gasteiger partial charge in [0.15, 0.2) is 0 Å². The zero-order valence-corrected chi connectivity index (χ0v) is 13.9. The largest absolute Gasteiger partial charge is 0.315 e. The molecule has 20 heavy (non-hydrogen) atoms. The van der Waals surface area contributed by atoms with E-state index in [0.29, 0.717) is 4.21 Å². The quantitative estimate of drug-likeness (QED) is 0.821. The molecule has 0 bridgehead atoms. The second-order valence-electron chi connectivity index (χ2n) is 5.51. The molecule has 2 rings (SSSR count). The molecule has 1 saturated carbocycles. The molecule has 0 atom stereocenters. The molecule has 0 aromatic carbocycles. The molecule has 1 aliphatic carbocycles. The maximum Gasteiger partial charge on any atom is 0.250 e. The van der Waals surface area contributed by atoms with E-state index < -0.39 is 10.0 Å². The zero-order chi connectivity index (χ0) is 14.6. The van der Waals surface area contributed by atoms with Crippen molar-refractivity contribution in [3.05, 3.63) is 16.5 Å². The molecule has 4 nitrogen and oxygen atoms in total. The Labute approximate surface area is 126 Å². The van der Waals surface area contributed by atoms with Gasteiger partial charge in [0, 0.05) is 17.5 Å². The van der Waals surface area contributed by atoms with Gasteiger partial charge in [-0.15, -0.1) is 11.3 Å². The van der Waals surface area contributed by atoms with Gasteiger partial charge in [-0.3, -0.25) is 0 Å². The lowest BCUT2D eigenvalue weighted by Gasteiger charge is -2.15. The van der Waals surface area contributed by atoms with Gasteiger partial charge in [-0.25, -0.2) is 13.1 Å². The second-order valence-corrected chi connectivity index (χ2v) is 8.59. The number of aryl methyl sites for hydroxylation is 1. The van der Waals surface area contributed by atoms with Crippen LogP contribution in [0.5, 0.6) is 0 Å². The molecule has 0 aliphatic heterocycles. The zero-order valence-electron chi connectivity index (χ0n) is 12.2. The molecule has 114 valence electrons. The number of nitrogens with one attached hydrogen (secondary N) is 2. The predicted molar refractivity (Wildman–Crippen MR) is 83.6 cm³/mol. The first-order valence-corrected chi connectivity index (χ1v) is 9.59. The van der Waals surface area contributed by atoms with E-state index in [2.05, 4.69) is 10.0 Å². The van der Waals surface area contributed by atoms with Crippen molar-refractivity contribution in [1.82, 2.24) is 10.0 Å². The van der Waals surface area contributed by atoms with Crippen LogP contribution in [-0.4, -0.2) is 21.5 Å². The van der Waals surface area contributed by atoms with Crippen molar-refractivity contribution < 1.29 is 8.42 Å². The summed E-state index contributed by atoms with van der Waals surface area (Å²) in [6.45, 7) is 2.68. The Morgan fingerprint density at radius 2 is 1.90 bits per heavy atom. The number of sulfonamides is 1. The molecule has 0 amide bonds. The van der Waals surface area contributed by atoms with E-state index in [-0.39, 0.29) is 6.04 Å². The Bertz CT molecular complexity index is 529. The Hall–Kier alpha value is -0.430. The third-order valence-corrected chi connectivity index (χ3v) is 7.01. The molecule has 1 fully saturated rings. The number of hydrogen-bond donors (Lipinski definition) is 2. The highest BCUT2D eigenvalue weighted by molar-refractivity contribution is 7.91. The van der Waals surface area contributed by atoms with Gasteiger partial charge in [-0.05, 0) is 38.4 Å². The Morgan fingerprint density at radius 3 is 2.50 bits per heavy atom. The fourth-order valence-corrected chi connectivity index (χ4v) is 5.55. The van der Waals surface area contributed by atoms with Crippen LogP contribution in [0.25, 0.3) is 0 Å². The summed E-state index contributed by atoms with van der Waals surface area (Å²) in [4.78, 5) is 1.09. The van der Waals surface area contributed by atoms with Crippen molar-refractivity contribution in [1.29, 1.82) is 0 Å². The van der Waals surface area contributed by atoms with Crippen molar-refractivity contribution in [2.24, 2.45) is 0 Å². The van der Waals surface area contributed by atoms with E-state index in [1.165, 1.54) is 24.2 Å². The van der Waals surface area contributed by atoms with Crippen molar-refractivity contribution >= 4 is 21.4 Å². The number of rotatable bonds is 5. The first-order valence-electron chi connectivity index (χ1n) is 7.29. The number of thiophene rings is 1. The smallest absolute Gasteiger partial charge is 0.250 e. The van der Waals surface area contributed by atoms with Crippen LogP contribution < -0.4 is 10.0 Å². The monoisotopic (exact) mass is 316 g/mol. The van der Waals surface area contributed by atoms with Gasteiger partial charge in [0.2, 0.25) is 10.0 Å². The van der Waals surface area contributed by atoms with Gasteiger partial charge >= 0.3 is 0 Å². The lowest BCUT2D eigenvalue weighted by atomic mass is 10.1. The minimum absolute atomic E-state index is 0.109. The topological polar surface area (TPSA) is 58.2 Å². The minimum atomic E-state index is -3.36. The van der Waals surface area contributed by atoms with Crippen LogP contribution in [0.1, 0.15) is 49.0 Å². The average molecular weight is 316 g/mol. The molecule has 2 N–H and O–H groups in total. The molecule has 0 radical (unpaired) electrons. The van der Waals surface area contributed by atoms with Crippen LogP contribution in [0.15, 0.2) is 10.3 Å². The van der Waals surface area contributed by atoms with Crippen molar-refractivity contribution in [3.8, 4) is 0 Å². The van der Waals surface area contributed by atoms with E-state index in [9.17, 15) is 8.42 Å². The SMILES string of the molecule is CNCc1sc(S(=O)(=O)NC2CCCCCC2)cc1C. The predicted octanol–water partition coefficient (Wildman–Crippen LogP) is 2.78. The van der Waals surface area contributed by atoms with Crippen LogP contribution >= 0.6 is 11.3 Å². The average Bonchev–Trinajstić information content (AvgIpc) is 2.62. The summed E-state index contributed by atoms with van der Waals surface area (Å²) >= 11 is 1.37. The molecule has 0 unspecified atom stereocenters. The summed E-state index contributed by atoms with van der Waals surface area (Å²) in [5, 5.41) is 3.07. The Kier molecular flexibility index (Phi) is 5.60. The second kappa shape index (κ2) is 7.02. The van der Waals surface area contributed by atoms with Crippen LogP contribution in [-0.2, 0) is 16.6 Å². The lowest BCUT2D eigenvalue weighted by Crippen LogP contribution is -2.33. The highest BCUT2D eigenvalue weighted by Gasteiger charge is 2.23. The van der Waals surface area contributed by atoms with E-state index in [1.807, 2.05) is 14.0 Å². The summed E-state index contributed by atoms with van der Waals surface area (Å²) in [5.74, 6) is 0. The van der Waals surface area contributed by atoms with E-state index in [1.54, 1.807) is 6.07 Å². The maximum absolute atomic E-state index is 12.5. The van der Waals surface area contributed by atoms with Gasteiger partial charge in [-0.1, -0.05) is 25.7 Å². The van der Waals surface area contributed by atoms with Gasteiger partial charge < -0.3 is 5.32 Å². The van der Waals surface area contributed by atoms with Gasteiger partial charge in [0.05, 0.1) is 0 Å². The number of hydrogen-bond acceptors (Lipinski definition) is 4. The molecular weight excluding hydrogens is 292 g/mol. The summed E-state index contributed by atoms with van der Waals surface area (Å²) in [6.07, 6.45) is 6.63. The molecule has 1 aromatic rings. The van der Waals surface area contributed by atoms with Gasteiger partial charge in [-0.2, -0.15) is 0 Å². The molecule has 1 heterocycles. The molecular formula is C14H24N2O2S2. The summed E-state index contributed by atoms with van der Waals surface area (Å²) in [6, 6.07) is 1.90. The summed E-state index contributed by atoms with van der Waals surface area (Å²) < 4.78 is 28.3. The van der Waals surface area contributed by atoms with Crippen molar-refractivity contribution in [2.75, 3.05) is 7.05 Å².